The third-order valence-electron chi connectivity index (χ3n) is 3.74. The molecular formula is C16H23FN2O. The summed E-state index contributed by atoms with van der Waals surface area (Å²) < 4.78 is 18.9. The quantitative estimate of drug-likeness (QED) is 0.813. The van der Waals surface area contributed by atoms with Crippen LogP contribution in [0.25, 0.3) is 5.57 Å². The van der Waals surface area contributed by atoms with Crippen LogP contribution >= 0.6 is 0 Å². The highest BCUT2D eigenvalue weighted by Gasteiger charge is 2.17. The molecule has 2 rings (SSSR count). The molecule has 0 bridgehead atoms. The molecule has 0 amide bonds. The summed E-state index contributed by atoms with van der Waals surface area (Å²) in [6.07, 6.45) is 5.33. The summed E-state index contributed by atoms with van der Waals surface area (Å²) in [7, 11) is 1.52. The fourth-order valence-electron chi connectivity index (χ4n) is 2.61. The Labute approximate surface area is 120 Å². The first-order valence-corrected chi connectivity index (χ1v) is 7.20. The van der Waals surface area contributed by atoms with E-state index in [0.29, 0.717) is 5.75 Å². The van der Waals surface area contributed by atoms with Crippen LogP contribution in [-0.4, -0.2) is 38.2 Å². The Morgan fingerprint density at radius 3 is 2.85 bits per heavy atom. The Bertz CT molecular complexity index is 474. The van der Waals surface area contributed by atoms with Gasteiger partial charge in [-0.1, -0.05) is 18.2 Å². The SMILES string of the molecule is COc1c(F)cccc1C1=CCN(CCCCN)CC1. The van der Waals surface area contributed by atoms with Gasteiger partial charge in [0, 0.05) is 18.7 Å². The lowest BCUT2D eigenvalue weighted by Gasteiger charge is -2.27. The molecule has 110 valence electrons. The first-order chi connectivity index (χ1) is 9.76. The van der Waals surface area contributed by atoms with Crippen molar-refractivity contribution in [1.82, 2.24) is 4.90 Å². The summed E-state index contributed by atoms with van der Waals surface area (Å²) in [6, 6.07) is 5.10. The van der Waals surface area contributed by atoms with Crippen LogP contribution < -0.4 is 10.5 Å². The van der Waals surface area contributed by atoms with Gasteiger partial charge in [0.15, 0.2) is 11.6 Å². The zero-order valence-corrected chi connectivity index (χ0v) is 12.1. The number of methoxy groups -OCH3 is 1. The molecule has 20 heavy (non-hydrogen) atoms. The van der Waals surface area contributed by atoms with Gasteiger partial charge in [-0.05, 0) is 44.0 Å². The maximum absolute atomic E-state index is 13.7. The topological polar surface area (TPSA) is 38.5 Å². The Morgan fingerprint density at radius 2 is 2.20 bits per heavy atom. The molecule has 0 fully saturated rings. The van der Waals surface area contributed by atoms with Crippen LogP contribution in [0.4, 0.5) is 4.39 Å². The summed E-state index contributed by atoms with van der Waals surface area (Å²) in [4.78, 5) is 2.41. The van der Waals surface area contributed by atoms with E-state index in [2.05, 4.69) is 11.0 Å². The summed E-state index contributed by atoms with van der Waals surface area (Å²) >= 11 is 0. The summed E-state index contributed by atoms with van der Waals surface area (Å²) in [5, 5.41) is 0. The molecule has 1 aromatic carbocycles. The lowest BCUT2D eigenvalue weighted by atomic mass is 9.98. The van der Waals surface area contributed by atoms with Crippen molar-refractivity contribution in [1.29, 1.82) is 0 Å². The number of para-hydroxylation sites is 1. The molecule has 0 atom stereocenters. The highest BCUT2D eigenvalue weighted by molar-refractivity contribution is 5.71. The van der Waals surface area contributed by atoms with Crippen molar-refractivity contribution in [3.63, 3.8) is 0 Å². The van der Waals surface area contributed by atoms with Crippen LogP contribution in [0.5, 0.6) is 5.75 Å². The molecule has 0 unspecified atom stereocenters. The lowest BCUT2D eigenvalue weighted by Crippen LogP contribution is -2.29. The normalized spacial score (nSPS) is 16.1. The van der Waals surface area contributed by atoms with E-state index in [1.807, 2.05) is 6.07 Å². The molecule has 1 aromatic rings. The molecule has 0 aliphatic carbocycles. The number of halogens is 1. The molecule has 3 nitrogen and oxygen atoms in total. The first kappa shape index (κ1) is 15.0. The molecule has 1 heterocycles. The Kier molecular flexibility index (Phi) is 5.56. The maximum atomic E-state index is 13.7. The second kappa shape index (κ2) is 7.41. The summed E-state index contributed by atoms with van der Waals surface area (Å²) in [5.74, 6) is 0.0617. The Morgan fingerprint density at radius 1 is 1.35 bits per heavy atom. The second-order valence-corrected chi connectivity index (χ2v) is 5.10. The van der Waals surface area contributed by atoms with Crippen molar-refractivity contribution in [2.45, 2.75) is 19.3 Å². The van der Waals surface area contributed by atoms with Gasteiger partial charge >= 0.3 is 0 Å². The van der Waals surface area contributed by atoms with Crippen LogP contribution in [0.2, 0.25) is 0 Å². The van der Waals surface area contributed by atoms with Crippen LogP contribution in [0.3, 0.4) is 0 Å². The Hall–Kier alpha value is -1.39. The third-order valence-corrected chi connectivity index (χ3v) is 3.74. The van der Waals surface area contributed by atoms with Crippen molar-refractivity contribution in [2.24, 2.45) is 5.73 Å². The molecule has 2 N–H and O–H groups in total. The van der Waals surface area contributed by atoms with Crippen molar-refractivity contribution in [3.8, 4) is 5.75 Å². The molecular weight excluding hydrogens is 255 g/mol. The smallest absolute Gasteiger partial charge is 0.165 e. The highest BCUT2D eigenvalue weighted by atomic mass is 19.1. The number of benzene rings is 1. The van der Waals surface area contributed by atoms with Gasteiger partial charge in [-0.25, -0.2) is 4.39 Å². The minimum Gasteiger partial charge on any atom is -0.493 e. The number of hydrogen-bond donors (Lipinski definition) is 1. The van der Waals surface area contributed by atoms with Crippen molar-refractivity contribution < 1.29 is 9.13 Å². The van der Waals surface area contributed by atoms with Gasteiger partial charge in [0.25, 0.3) is 0 Å². The van der Waals surface area contributed by atoms with Crippen LogP contribution in [-0.2, 0) is 0 Å². The van der Waals surface area contributed by atoms with E-state index >= 15 is 0 Å². The molecule has 4 heteroatoms. The van der Waals surface area contributed by atoms with E-state index in [9.17, 15) is 4.39 Å². The van der Waals surface area contributed by atoms with Gasteiger partial charge in [0.05, 0.1) is 7.11 Å². The van der Waals surface area contributed by atoms with Crippen LogP contribution in [0.15, 0.2) is 24.3 Å². The molecule has 0 saturated heterocycles. The molecule has 1 aliphatic heterocycles. The molecule has 0 aromatic heterocycles. The molecule has 1 aliphatic rings. The number of unbranched alkanes of at least 4 members (excludes halogenated alkanes) is 1. The summed E-state index contributed by atoms with van der Waals surface area (Å²) in [5.41, 5.74) is 7.57. The van der Waals surface area contributed by atoms with Crippen molar-refractivity contribution in [2.75, 3.05) is 33.3 Å². The number of nitrogens with two attached hydrogens (primary N) is 1. The molecule has 0 saturated carbocycles. The summed E-state index contributed by atoms with van der Waals surface area (Å²) in [6.45, 7) is 3.77. The van der Waals surface area contributed by atoms with E-state index in [1.54, 1.807) is 6.07 Å². The average Bonchev–Trinajstić information content (AvgIpc) is 2.48. The minimum absolute atomic E-state index is 0.295. The predicted molar refractivity (Wildman–Crippen MR) is 80.3 cm³/mol. The average molecular weight is 278 g/mol. The number of nitrogens with zero attached hydrogens (tertiary/aromatic N) is 1. The zero-order chi connectivity index (χ0) is 14.4. The van der Waals surface area contributed by atoms with E-state index in [1.165, 1.54) is 18.7 Å². The van der Waals surface area contributed by atoms with Gasteiger partial charge < -0.3 is 10.5 Å². The second-order valence-electron chi connectivity index (χ2n) is 5.10. The Balaban J connectivity index is 2.03. The number of rotatable bonds is 6. The third kappa shape index (κ3) is 3.58. The molecule has 0 spiro atoms. The maximum Gasteiger partial charge on any atom is 0.165 e. The van der Waals surface area contributed by atoms with Crippen molar-refractivity contribution >= 4 is 5.57 Å². The lowest BCUT2D eigenvalue weighted by molar-refractivity contribution is 0.295. The van der Waals surface area contributed by atoms with E-state index in [0.717, 1.165) is 51.0 Å². The number of hydrogen-bond acceptors (Lipinski definition) is 3. The van der Waals surface area contributed by atoms with Gasteiger partial charge in [-0.15, -0.1) is 0 Å². The molecule has 0 radical (unpaired) electrons. The standard InChI is InChI=1S/C16H23FN2O/c1-20-16-14(5-4-6-15(16)17)13-7-11-19(12-8-13)10-3-2-9-18/h4-7H,2-3,8-12,18H2,1H3. The van der Waals surface area contributed by atoms with Gasteiger partial charge in [-0.3, -0.25) is 4.90 Å². The fraction of sp³-hybridized carbons (Fsp3) is 0.500. The van der Waals surface area contributed by atoms with Crippen molar-refractivity contribution in [3.05, 3.63) is 35.7 Å². The highest BCUT2D eigenvalue weighted by Crippen LogP contribution is 2.32. The zero-order valence-electron chi connectivity index (χ0n) is 12.1. The van der Waals surface area contributed by atoms with Crippen LogP contribution in [0.1, 0.15) is 24.8 Å². The first-order valence-electron chi connectivity index (χ1n) is 7.20. The van der Waals surface area contributed by atoms with Gasteiger partial charge in [0.1, 0.15) is 0 Å². The minimum atomic E-state index is -0.295. The number of ether oxygens (including phenoxy) is 1. The monoisotopic (exact) mass is 278 g/mol. The van der Waals surface area contributed by atoms with Gasteiger partial charge in [0.2, 0.25) is 0 Å². The van der Waals surface area contributed by atoms with Gasteiger partial charge in [-0.2, -0.15) is 0 Å². The van der Waals surface area contributed by atoms with Crippen LogP contribution in [0, 0.1) is 5.82 Å². The van der Waals surface area contributed by atoms with E-state index in [-0.39, 0.29) is 5.82 Å². The predicted octanol–water partition coefficient (Wildman–Crippen LogP) is 2.66. The van der Waals surface area contributed by atoms with E-state index < -0.39 is 0 Å². The van der Waals surface area contributed by atoms with E-state index in [4.69, 9.17) is 10.5 Å². The largest absolute Gasteiger partial charge is 0.493 e. The fourth-order valence-corrected chi connectivity index (χ4v) is 2.61.